The van der Waals surface area contributed by atoms with Crippen LogP contribution in [0.5, 0.6) is 0 Å². The van der Waals surface area contributed by atoms with Crippen molar-refractivity contribution in [3.05, 3.63) is 35.9 Å². The molecule has 4 heteroatoms. The molecule has 13 heavy (non-hydrogen) atoms. The van der Waals surface area contributed by atoms with E-state index >= 15 is 0 Å². The first-order valence-electron chi connectivity index (χ1n) is 3.70. The SMILES string of the molecule is CO[C@@H](c1ccccc1)C(F)(F)F. The van der Waals surface area contributed by atoms with Gasteiger partial charge < -0.3 is 4.74 Å². The third kappa shape index (κ3) is 2.45. The van der Waals surface area contributed by atoms with Gasteiger partial charge in [0.15, 0.2) is 6.10 Å². The Morgan fingerprint density at radius 1 is 1.15 bits per heavy atom. The molecule has 0 aliphatic heterocycles. The molecule has 0 unspecified atom stereocenters. The average molecular weight is 190 g/mol. The molecular weight excluding hydrogens is 181 g/mol. The van der Waals surface area contributed by atoms with Gasteiger partial charge >= 0.3 is 6.18 Å². The zero-order valence-corrected chi connectivity index (χ0v) is 7.01. The number of ether oxygens (including phenoxy) is 1. The van der Waals surface area contributed by atoms with Crippen molar-refractivity contribution in [1.29, 1.82) is 0 Å². The summed E-state index contributed by atoms with van der Waals surface area (Å²) in [6, 6.07) is 7.54. The van der Waals surface area contributed by atoms with Crippen LogP contribution in [-0.4, -0.2) is 13.3 Å². The highest BCUT2D eigenvalue weighted by Crippen LogP contribution is 2.34. The van der Waals surface area contributed by atoms with Crippen LogP contribution in [0, 0.1) is 0 Å². The summed E-state index contributed by atoms with van der Waals surface area (Å²) in [4.78, 5) is 0. The topological polar surface area (TPSA) is 9.23 Å². The second kappa shape index (κ2) is 3.79. The van der Waals surface area contributed by atoms with Crippen LogP contribution in [0.4, 0.5) is 13.2 Å². The van der Waals surface area contributed by atoms with E-state index in [1.54, 1.807) is 18.2 Å². The summed E-state index contributed by atoms with van der Waals surface area (Å²) in [5.41, 5.74) is 0.123. The Morgan fingerprint density at radius 3 is 2.08 bits per heavy atom. The van der Waals surface area contributed by atoms with Crippen molar-refractivity contribution in [3.63, 3.8) is 0 Å². The summed E-state index contributed by atoms with van der Waals surface area (Å²) in [7, 11) is 1.05. The molecule has 1 atom stereocenters. The molecule has 1 aromatic rings. The van der Waals surface area contributed by atoms with Crippen LogP contribution in [0.25, 0.3) is 0 Å². The van der Waals surface area contributed by atoms with Gasteiger partial charge in [-0.05, 0) is 5.56 Å². The van der Waals surface area contributed by atoms with Gasteiger partial charge in [0.2, 0.25) is 0 Å². The van der Waals surface area contributed by atoms with E-state index in [1.165, 1.54) is 12.1 Å². The fourth-order valence-electron chi connectivity index (χ4n) is 1.09. The van der Waals surface area contributed by atoms with Crippen molar-refractivity contribution in [2.24, 2.45) is 0 Å². The van der Waals surface area contributed by atoms with Crippen LogP contribution in [-0.2, 0) is 4.74 Å². The highest BCUT2D eigenvalue weighted by Gasteiger charge is 2.40. The van der Waals surface area contributed by atoms with Crippen LogP contribution in [0.3, 0.4) is 0 Å². The Hall–Kier alpha value is -1.03. The van der Waals surface area contributed by atoms with Crippen LogP contribution >= 0.6 is 0 Å². The highest BCUT2D eigenvalue weighted by atomic mass is 19.4. The van der Waals surface area contributed by atoms with Gasteiger partial charge in [0.05, 0.1) is 0 Å². The predicted octanol–water partition coefficient (Wildman–Crippen LogP) is 2.94. The zero-order chi connectivity index (χ0) is 9.90. The van der Waals surface area contributed by atoms with E-state index < -0.39 is 12.3 Å². The van der Waals surface area contributed by atoms with Crippen molar-refractivity contribution in [3.8, 4) is 0 Å². The average Bonchev–Trinajstić information content (AvgIpc) is 2.05. The van der Waals surface area contributed by atoms with E-state index in [1.807, 2.05) is 0 Å². The van der Waals surface area contributed by atoms with E-state index in [2.05, 4.69) is 4.74 Å². The second-order valence-electron chi connectivity index (χ2n) is 2.57. The number of alkyl halides is 3. The van der Waals surface area contributed by atoms with Gasteiger partial charge in [-0.25, -0.2) is 0 Å². The number of hydrogen-bond acceptors (Lipinski definition) is 1. The fourth-order valence-corrected chi connectivity index (χ4v) is 1.09. The first-order chi connectivity index (χ1) is 6.05. The lowest BCUT2D eigenvalue weighted by Gasteiger charge is -2.18. The Morgan fingerprint density at radius 2 is 1.69 bits per heavy atom. The van der Waals surface area contributed by atoms with Crippen LogP contribution in [0.2, 0.25) is 0 Å². The Labute approximate surface area is 74.1 Å². The summed E-state index contributed by atoms with van der Waals surface area (Å²) in [5.74, 6) is 0. The maximum Gasteiger partial charge on any atom is 0.418 e. The van der Waals surface area contributed by atoms with Crippen molar-refractivity contribution in [2.75, 3.05) is 7.11 Å². The molecule has 0 fully saturated rings. The molecule has 0 aliphatic carbocycles. The van der Waals surface area contributed by atoms with Crippen molar-refractivity contribution < 1.29 is 17.9 Å². The molecule has 72 valence electrons. The van der Waals surface area contributed by atoms with E-state index in [4.69, 9.17) is 0 Å². The smallest absolute Gasteiger partial charge is 0.367 e. The third-order valence-electron chi connectivity index (χ3n) is 1.64. The Bertz CT molecular complexity index is 255. The van der Waals surface area contributed by atoms with Gasteiger partial charge in [-0.15, -0.1) is 0 Å². The lowest BCUT2D eigenvalue weighted by Crippen LogP contribution is -2.22. The van der Waals surface area contributed by atoms with E-state index in [0.29, 0.717) is 0 Å². The van der Waals surface area contributed by atoms with Crippen LogP contribution < -0.4 is 0 Å². The summed E-state index contributed by atoms with van der Waals surface area (Å²) < 4.78 is 41.2. The zero-order valence-electron chi connectivity index (χ0n) is 7.01. The molecule has 1 rings (SSSR count). The highest BCUT2D eigenvalue weighted by molar-refractivity contribution is 5.18. The number of benzene rings is 1. The minimum Gasteiger partial charge on any atom is -0.367 e. The third-order valence-corrected chi connectivity index (χ3v) is 1.64. The van der Waals surface area contributed by atoms with E-state index in [0.717, 1.165) is 7.11 Å². The molecule has 0 amide bonds. The summed E-state index contributed by atoms with van der Waals surface area (Å²) in [5, 5.41) is 0. The molecular formula is C9H9F3O. The minimum absolute atomic E-state index is 0.123. The standard InChI is InChI=1S/C9H9F3O/c1-13-8(9(10,11)12)7-5-3-2-4-6-7/h2-6,8H,1H3/t8-/m0/s1. The normalized spacial score (nSPS) is 14.2. The van der Waals surface area contributed by atoms with Crippen molar-refractivity contribution in [2.45, 2.75) is 12.3 Å². The monoisotopic (exact) mass is 190 g/mol. The van der Waals surface area contributed by atoms with Crippen LogP contribution in [0.15, 0.2) is 30.3 Å². The largest absolute Gasteiger partial charge is 0.418 e. The Kier molecular flexibility index (Phi) is 2.93. The summed E-state index contributed by atoms with van der Waals surface area (Å²) in [6.07, 6.45) is -6.18. The molecule has 0 saturated carbocycles. The number of halogens is 3. The maximum absolute atomic E-state index is 12.3. The van der Waals surface area contributed by atoms with Crippen LogP contribution in [0.1, 0.15) is 11.7 Å². The quantitative estimate of drug-likeness (QED) is 0.696. The molecule has 0 bridgehead atoms. The maximum atomic E-state index is 12.3. The number of hydrogen-bond donors (Lipinski definition) is 0. The fraction of sp³-hybridized carbons (Fsp3) is 0.333. The summed E-state index contributed by atoms with van der Waals surface area (Å²) in [6.45, 7) is 0. The lowest BCUT2D eigenvalue weighted by molar-refractivity contribution is -0.215. The van der Waals surface area contributed by atoms with Gasteiger partial charge in [0.25, 0.3) is 0 Å². The molecule has 1 nitrogen and oxygen atoms in total. The first-order valence-corrected chi connectivity index (χ1v) is 3.70. The minimum atomic E-state index is -4.35. The number of rotatable bonds is 2. The molecule has 0 spiro atoms. The molecule has 0 aromatic heterocycles. The summed E-state index contributed by atoms with van der Waals surface area (Å²) >= 11 is 0. The molecule has 0 saturated heterocycles. The molecule has 0 aliphatic rings. The lowest BCUT2D eigenvalue weighted by atomic mass is 10.1. The predicted molar refractivity (Wildman–Crippen MR) is 42.2 cm³/mol. The molecule has 0 N–H and O–H groups in total. The van der Waals surface area contributed by atoms with Gasteiger partial charge in [0.1, 0.15) is 0 Å². The van der Waals surface area contributed by atoms with Crippen molar-refractivity contribution in [1.82, 2.24) is 0 Å². The van der Waals surface area contributed by atoms with Gasteiger partial charge in [-0.1, -0.05) is 30.3 Å². The molecule has 0 heterocycles. The molecule has 1 aromatic carbocycles. The van der Waals surface area contributed by atoms with Crippen molar-refractivity contribution >= 4 is 0 Å². The second-order valence-corrected chi connectivity index (χ2v) is 2.57. The van der Waals surface area contributed by atoms with E-state index in [-0.39, 0.29) is 5.56 Å². The van der Waals surface area contributed by atoms with Gasteiger partial charge in [-0.3, -0.25) is 0 Å². The van der Waals surface area contributed by atoms with E-state index in [9.17, 15) is 13.2 Å². The van der Waals surface area contributed by atoms with Gasteiger partial charge in [-0.2, -0.15) is 13.2 Å². The molecule has 0 radical (unpaired) electrons. The van der Waals surface area contributed by atoms with Gasteiger partial charge in [0, 0.05) is 7.11 Å². The Balaban J connectivity index is 2.92. The first kappa shape index (κ1) is 10.1. The number of methoxy groups -OCH3 is 1.